The van der Waals surface area contributed by atoms with Crippen molar-refractivity contribution >= 4 is 7.60 Å². The summed E-state index contributed by atoms with van der Waals surface area (Å²) in [5, 5.41) is 0. The molecular formula is C24H51O3P. The first-order valence-electron chi connectivity index (χ1n) is 12.1. The second-order valence-corrected chi connectivity index (χ2v) is 11.9. The van der Waals surface area contributed by atoms with Crippen molar-refractivity contribution in [3.8, 4) is 0 Å². The van der Waals surface area contributed by atoms with E-state index in [-0.39, 0.29) is 0 Å². The molecule has 0 radical (unpaired) electrons. The van der Waals surface area contributed by atoms with E-state index in [0.717, 1.165) is 56.3 Å². The van der Waals surface area contributed by atoms with Gasteiger partial charge in [0.2, 0.25) is 0 Å². The molecule has 0 amide bonds. The highest BCUT2D eigenvalue weighted by Crippen LogP contribution is 2.49. The average Bonchev–Trinajstić information content (AvgIpc) is 2.60. The molecule has 0 saturated heterocycles. The molecule has 0 aliphatic rings. The Morgan fingerprint density at radius 3 is 1.25 bits per heavy atom. The van der Waals surface area contributed by atoms with Crippen LogP contribution in [0.2, 0.25) is 0 Å². The summed E-state index contributed by atoms with van der Waals surface area (Å²) >= 11 is 0. The van der Waals surface area contributed by atoms with E-state index in [4.69, 9.17) is 9.05 Å². The molecule has 0 saturated carbocycles. The predicted molar refractivity (Wildman–Crippen MR) is 124 cm³/mol. The Balaban J connectivity index is 4.15. The number of unbranched alkanes of at least 4 members (excludes halogenated alkanes) is 6. The second-order valence-electron chi connectivity index (χ2n) is 9.73. The third-order valence-electron chi connectivity index (χ3n) is 5.14. The van der Waals surface area contributed by atoms with Crippen LogP contribution < -0.4 is 0 Å². The van der Waals surface area contributed by atoms with Crippen molar-refractivity contribution in [3.63, 3.8) is 0 Å². The van der Waals surface area contributed by atoms with Crippen molar-refractivity contribution in [3.05, 3.63) is 0 Å². The number of hydrogen-bond acceptors (Lipinski definition) is 3. The fourth-order valence-corrected chi connectivity index (χ4v) is 5.03. The largest absolute Gasteiger partial charge is 0.330 e. The minimum atomic E-state index is -2.92. The molecule has 0 heterocycles. The standard InChI is InChI=1S/C24H51O3P/c1-22(2)16-10-7-13-19-26-28(25,21-15-9-12-18-24(5)6)27-20-14-8-11-17-23(3)4/h22-24H,7-21H2,1-6H3. The zero-order valence-electron chi connectivity index (χ0n) is 20.0. The van der Waals surface area contributed by atoms with Gasteiger partial charge in [-0.2, -0.15) is 0 Å². The van der Waals surface area contributed by atoms with E-state index in [0.29, 0.717) is 19.4 Å². The van der Waals surface area contributed by atoms with Gasteiger partial charge in [-0.3, -0.25) is 4.57 Å². The van der Waals surface area contributed by atoms with Crippen LogP contribution in [-0.4, -0.2) is 19.4 Å². The fraction of sp³-hybridized carbons (Fsp3) is 1.00. The summed E-state index contributed by atoms with van der Waals surface area (Å²) in [5.41, 5.74) is 0. The molecule has 0 aromatic carbocycles. The van der Waals surface area contributed by atoms with Crippen LogP contribution in [0.1, 0.15) is 119 Å². The van der Waals surface area contributed by atoms with E-state index in [1.807, 2.05) is 0 Å². The molecule has 0 aliphatic carbocycles. The maximum Gasteiger partial charge on any atom is 0.330 e. The maximum absolute atomic E-state index is 13.1. The first-order valence-corrected chi connectivity index (χ1v) is 13.9. The molecule has 170 valence electrons. The normalized spacial score (nSPS) is 12.6. The summed E-state index contributed by atoms with van der Waals surface area (Å²) < 4.78 is 24.8. The zero-order chi connectivity index (χ0) is 21.3. The van der Waals surface area contributed by atoms with E-state index < -0.39 is 7.60 Å². The SMILES string of the molecule is CC(C)CCCCCOP(=O)(CCCCCC(C)C)OCCCCCC(C)C. The molecule has 0 aromatic heterocycles. The summed E-state index contributed by atoms with van der Waals surface area (Å²) in [5.74, 6) is 2.27. The molecule has 28 heavy (non-hydrogen) atoms. The molecule has 4 heteroatoms. The quantitative estimate of drug-likeness (QED) is 0.146. The van der Waals surface area contributed by atoms with Crippen molar-refractivity contribution < 1.29 is 13.6 Å². The lowest BCUT2D eigenvalue weighted by Gasteiger charge is -2.19. The van der Waals surface area contributed by atoms with Crippen LogP contribution in [0.15, 0.2) is 0 Å². The highest BCUT2D eigenvalue weighted by molar-refractivity contribution is 7.53. The van der Waals surface area contributed by atoms with Gasteiger partial charge in [0.25, 0.3) is 0 Å². The Morgan fingerprint density at radius 1 is 0.536 bits per heavy atom. The van der Waals surface area contributed by atoms with E-state index >= 15 is 0 Å². The lowest BCUT2D eigenvalue weighted by Crippen LogP contribution is -2.04. The van der Waals surface area contributed by atoms with E-state index in [1.54, 1.807) is 0 Å². The third-order valence-corrected chi connectivity index (χ3v) is 7.16. The Kier molecular flexibility index (Phi) is 18.1. The fourth-order valence-electron chi connectivity index (χ4n) is 3.27. The molecule has 0 bridgehead atoms. The predicted octanol–water partition coefficient (Wildman–Crippen LogP) is 8.86. The van der Waals surface area contributed by atoms with Gasteiger partial charge in [0.05, 0.1) is 19.4 Å². The van der Waals surface area contributed by atoms with Crippen LogP contribution in [0.4, 0.5) is 0 Å². The molecule has 0 N–H and O–H groups in total. The monoisotopic (exact) mass is 418 g/mol. The summed E-state index contributed by atoms with van der Waals surface area (Å²) in [6.45, 7) is 14.7. The second kappa shape index (κ2) is 18.0. The van der Waals surface area contributed by atoms with Crippen molar-refractivity contribution in [2.24, 2.45) is 17.8 Å². The Hall–Kier alpha value is 0.150. The molecule has 0 spiro atoms. The molecular weight excluding hydrogens is 367 g/mol. The smallest absolute Gasteiger partial charge is 0.309 e. The van der Waals surface area contributed by atoms with Crippen LogP contribution in [0.5, 0.6) is 0 Å². The maximum atomic E-state index is 13.1. The molecule has 0 atom stereocenters. The lowest BCUT2D eigenvalue weighted by molar-refractivity contribution is 0.196. The van der Waals surface area contributed by atoms with E-state index in [2.05, 4.69) is 41.5 Å². The van der Waals surface area contributed by atoms with Gasteiger partial charge < -0.3 is 9.05 Å². The van der Waals surface area contributed by atoms with Gasteiger partial charge in [0, 0.05) is 0 Å². The van der Waals surface area contributed by atoms with Gasteiger partial charge in [-0.1, -0.05) is 99.3 Å². The van der Waals surface area contributed by atoms with Crippen molar-refractivity contribution in [1.82, 2.24) is 0 Å². The van der Waals surface area contributed by atoms with Crippen LogP contribution in [-0.2, 0) is 13.6 Å². The van der Waals surface area contributed by atoms with Crippen LogP contribution >= 0.6 is 7.60 Å². The first kappa shape index (κ1) is 28.1. The summed E-state index contributed by atoms with van der Waals surface area (Å²) in [7, 11) is -2.92. The molecule has 0 fully saturated rings. The molecule has 0 unspecified atom stereocenters. The Labute approximate surface area is 177 Å². The molecule has 0 aliphatic heterocycles. The lowest BCUT2D eigenvalue weighted by atomic mass is 10.1. The van der Waals surface area contributed by atoms with Gasteiger partial charge >= 0.3 is 7.60 Å². The van der Waals surface area contributed by atoms with Gasteiger partial charge in [0.1, 0.15) is 0 Å². The van der Waals surface area contributed by atoms with Gasteiger partial charge in [0.15, 0.2) is 0 Å². The summed E-state index contributed by atoms with van der Waals surface area (Å²) in [4.78, 5) is 0. The Morgan fingerprint density at radius 2 is 0.893 bits per heavy atom. The van der Waals surface area contributed by atoms with Crippen LogP contribution in [0.3, 0.4) is 0 Å². The topological polar surface area (TPSA) is 35.5 Å². The highest BCUT2D eigenvalue weighted by atomic mass is 31.2. The van der Waals surface area contributed by atoms with Crippen LogP contribution in [0, 0.1) is 17.8 Å². The molecule has 3 nitrogen and oxygen atoms in total. The van der Waals surface area contributed by atoms with Gasteiger partial charge in [-0.05, 0) is 37.0 Å². The van der Waals surface area contributed by atoms with Crippen molar-refractivity contribution in [1.29, 1.82) is 0 Å². The first-order chi connectivity index (χ1) is 13.2. The number of rotatable bonds is 20. The number of hydrogen-bond donors (Lipinski definition) is 0. The third kappa shape index (κ3) is 19.5. The van der Waals surface area contributed by atoms with Gasteiger partial charge in [-0.25, -0.2) is 0 Å². The molecule has 0 rings (SSSR count). The summed E-state index contributed by atoms with van der Waals surface area (Å²) in [6, 6.07) is 0. The highest BCUT2D eigenvalue weighted by Gasteiger charge is 2.23. The Bertz CT molecular complexity index is 356. The van der Waals surface area contributed by atoms with Gasteiger partial charge in [-0.15, -0.1) is 0 Å². The minimum absolute atomic E-state index is 0.578. The van der Waals surface area contributed by atoms with E-state index in [1.165, 1.54) is 38.5 Å². The van der Waals surface area contributed by atoms with Crippen molar-refractivity contribution in [2.75, 3.05) is 19.4 Å². The minimum Gasteiger partial charge on any atom is -0.309 e. The average molecular weight is 419 g/mol. The van der Waals surface area contributed by atoms with E-state index in [9.17, 15) is 4.57 Å². The summed E-state index contributed by atoms with van der Waals surface area (Å²) in [6.07, 6.45) is 14.4. The molecule has 0 aromatic rings. The van der Waals surface area contributed by atoms with Crippen molar-refractivity contribution in [2.45, 2.75) is 119 Å². The zero-order valence-corrected chi connectivity index (χ0v) is 20.9. The van der Waals surface area contributed by atoms with Crippen LogP contribution in [0.25, 0.3) is 0 Å².